The van der Waals surface area contributed by atoms with E-state index < -0.39 is 0 Å². The lowest BCUT2D eigenvalue weighted by atomic mass is 10.0. The fraction of sp³-hybridized carbons (Fsp3) is 0.417. The average molecular weight is 222 g/mol. The van der Waals surface area contributed by atoms with Crippen molar-refractivity contribution in [1.82, 2.24) is 0 Å². The molecule has 0 aliphatic carbocycles. The molecule has 0 radical (unpaired) electrons. The molecule has 0 amide bonds. The van der Waals surface area contributed by atoms with E-state index in [0.717, 1.165) is 5.56 Å². The molecule has 1 aromatic rings. The Morgan fingerprint density at radius 1 is 1.31 bits per heavy atom. The molecule has 86 valence electrons. The van der Waals surface area contributed by atoms with Gasteiger partial charge in [0.15, 0.2) is 17.3 Å². The normalized spacial score (nSPS) is 13.6. The molecule has 0 N–H and O–H groups in total. The summed E-state index contributed by atoms with van der Waals surface area (Å²) in [5, 5.41) is 0. The molecule has 2 rings (SSSR count). The maximum absolute atomic E-state index is 11.5. The smallest absolute Gasteiger partial charge is 0.162 e. The zero-order chi connectivity index (χ0) is 11.5. The number of hydrogen-bond acceptors (Lipinski definition) is 4. The van der Waals surface area contributed by atoms with Crippen LogP contribution >= 0.6 is 0 Å². The van der Waals surface area contributed by atoms with Crippen molar-refractivity contribution in [1.29, 1.82) is 0 Å². The van der Waals surface area contributed by atoms with Gasteiger partial charge in [0.2, 0.25) is 0 Å². The van der Waals surface area contributed by atoms with Crippen molar-refractivity contribution in [3.05, 3.63) is 23.3 Å². The number of fused-ring (bicyclic) bond motifs is 1. The van der Waals surface area contributed by atoms with Crippen LogP contribution in [0.25, 0.3) is 0 Å². The Labute approximate surface area is 94.1 Å². The Kier molecular flexibility index (Phi) is 3.10. The monoisotopic (exact) mass is 222 g/mol. The van der Waals surface area contributed by atoms with E-state index in [4.69, 9.17) is 14.2 Å². The first-order valence-corrected chi connectivity index (χ1v) is 5.14. The van der Waals surface area contributed by atoms with Gasteiger partial charge in [0.05, 0.1) is 6.61 Å². The number of methoxy groups -OCH3 is 1. The van der Waals surface area contributed by atoms with Crippen LogP contribution in [0.2, 0.25) is 0 Å². The summed E-state index contributed by atoms with van der Waals surface area (Å²) in [7, 11) is 1.60. The van der Waals surface area contributed by atoms with Gasteiger partial charge < -0.3 is 14.2 Å². The van der Waals surface area contributed by atoms with Gasteiger partial charge in [-0.15, -0.1) is 0 Å². The largest absolute Gasteiger partial charge is 0.486 e. The third kappa shape index (κ3) is 2.02. The van der Waals surface area contributed by atoms with Gasteiger partial charge in [0.1, 0.15) is 13.2 Å². The topological polar surface area (TPSA) is 44.8 Å². The number of ether oxygens (including phenoxy) is 3. The highest BCUT2D eigenvalue weighted by atomic mass is 16.6. The van der Waals surface area contributed by atoms with Gasteiger partial charge in [-0.2, -0.15) is 0 Å². The second-order valence-electron chi connectivity index (χ2n) is 3.64. The maximum Gasteiger partial charge on any atom is 0.162 e. The van der Waals surface area contributed by atoms with Crippen LogP contribution in [0.4, 0.5) is 0 Å². The minimum atomic E-state index is 0.00373. The van der Waals surface area contributed by atoms with Gasteiger partial charge in [0, 0.05) is 12.7 Å². The van der Waals surface area contributed by atoms with Crippen LogP contribution in [0.5, 0.6) is 11.5 Å². The van der Waals surface area contributed by atoms with Crippen molar-refractivity contribution in [2.45, 2.75) is 13.5 Å². The molecule has 0 fully saturated rings. The van der Waals surface area contributed by atoms with Crippen LogP contribution in [0.3, 0.4) is 0 Å². The van der Waals surface area contributed by atoms with Gasteiger partial charge in [-0.05, 0) is 24.6 Å². The van der Waals surface area contributed by atoms with E-state index in [1.807, 2.05) is 6.07 Å². The average Bonchev–Trinajstić information content (AvgIpc) is 2.28. The van der Waals surface area contributed by atoms with Crippen LogP contribution < -0.4 is 9.47 Å². The number of hydrogen-bond donors (Lipinski definition) is 0. The molecule has 16 heavy (non-hydrogen) atoms. The molecule has 0 atom stereocenters. The minimum Gasteiger partial charge on any atom is -0.486 e. The highest BCUT2D eigenvalue weighted by Gasteiger charge is 2.17. The van der Waals surface area contributed by atoms with Gasteiger partial charge in [-0.25, -0.2) is 0 Å². The predicted octanol–water partition coefficient (Wildman–Crippen LogP) is 1.81. The molecule has 1 aliphatic heterocycles. The van der Waals surface area contributed by atoms with Crippen LogP contribution in [-0.2, 0) is 11.3 Å². The van der Waals surface area contributed by atoms with Crippen LogP contribution in [-0.4, -0.2) is 26.1 Å². The first-order chi connectivity index (χ1) is 7.72. The third-order valence-electron chi connectivity index (χ3n) is 2.45. The zero-order valence-electron chi connectivity index (χ0n) is 9.41. The highest BCUT2D eigenvalue weighted by Crippen LogP contribution is 2.33. The van der Waals surface area contributed by atoms with Crippen molar-refractivity contribution in [3.8, 4) is 11.5 Å². The molecule has 0 saturated carbocycles. The summed E-state index contributed by atoms with van der Waals surface area (Å²) in [6, 6.07) is 3.54. The van der Waals surface area contributed by atoms with E-state index in [2.05, 4.69) is 0 Å². The molecule has 1 aliphatic rings. The quantitative estimate of drug-likeness (QED) is 0.731. The van der Waals surface area contributed by atoms with Crippen LogP contribution in [0, 0.1) is 0 Å². The van der Waals surface area contributed by atoms with E-state index in [1.54, 1.807) is 13.2 Å². The fourth-order valence-corrected chi connectivity index (χ4v) is 1.73. The molecule has 0 bridgehead atoms. The second kappa shape index (κ2) is 4.53. The molecule has 0 spiro atoms. The van der Waals surface area contributed by atoms with E-state index >= 15 is 0 Å². The summed E-state index contributed by atoms with van der Waals surface area (Å²) in [6.45, 7) is 2.99. The molecule has 0 unspecified atom stereocenters. The molecule has 0 saturated heterocycles. The summed E-state index contributed by atoms with van der Waals surface area (Å²) in [5.74, 6) is 1.32. The maximum atomic E-state index is 11.5. The van der Waals surface area contributed by atoms with Gasteiger partial charge >= 0.3 is 0 Å². The van der Waals surface area contributed by atoms with Crippen molar-refractivity contribution in [2.75, 3.05) is 20.3 Å². The molecule has 0 aromatic heterocycles. The number of carbonyl (C=O) groups excluding carboxylic acids is 1. The van der Waals surface area contributed by atoms with Crippen molar-refractivity contribution in [2.24, 2.45) is 0 Å². The van der Waals surface area contributed by atoms with Gasteiger partial charge in [-0.3, -0.25) is 4.79 Å². The van der Waals surface area contributed by atoms with Crippen molar-refractivity contribution < 1.29 is 19.0 Å². The first kappa shape index (κ1) is 11.0. The highest BCUT2D eigenvalue weighted by molar-refractivity contribution is 5.96. The molecule has 4 nitrogen and oxygen atoms in total. The number of ketones is 1. The summed E-state index contributed by atoms with van der Waals surface area (Å²) >= 11 is 0. The lowest BCUT2D eigenvalue weighted by molar-refractivity contribution is 0.101. The van der Waals surface area contributed by atoms with Crippen molar-refractivity contribution >= 4 is 5.78 Å². The van der Waals surface area contributed by atoms with Crippen LogP contribution in [0.15, 0.2) is 12.1 Å². The summed E-state index contributed by atoms with van der Waals surface area (Å²) < 4.78 is 15.9. The van der Waals surface area contributed by atoms with E-state index in [9.17, 15) is 4.79 Å². The number of benzene rings is 1. The Balaban J connectivity index is 2.45. The lowest BCUT2D eigenvalue weighted by Gasteiger charge is -2.20. The van der Waals surface area contributed by atoms with E-state index in [0.29, 0.717) is 36.9 Å². The molecular formula is C12H14O4. The number of rotatable bonds is 3. The first-order valence-electron chi connectivity index (χ1n) is 5.14. The van der Waals surface area contributed by atoms with E-state index in [1.165, 1.54) is 6.92 Å². The van der Waals surface area contributed by atoms with Gasteiger partial charge in [-0.1, -0.05) is 0 Å². The SMILES string of the molecule is COCc1cc2c(cc1C(C)=O)OCCO2. The van der Waals surface area contributed by atoms with Crippen LogP contribution in [0.1, 0.15) is 22.8 Å². The second-order valence-corrected chi connectivity index (χ2v) is 3.64. The summed E-state index contributed by atoms with van der Waals surface area (Å²) in [4.78, 5) is 11.5. The Morgan fingerprint density at radius 2 is 1.94 bits per heavy atom. The lowest BCUT2D eigenvalue weighted by Crippen LogP contribution is -2.16. The number of carbonyl (C=O) groups is 1. The standard InChI is InChI=1S/C12H14O4/c1-8(13)10-6-12-11(15-3-4-16-12)5-9(10)7-14-2/h5-6H,3-4,7H2,1-2H3. The molecule has 1 aromatic carbocycles. The molecular weight excluding hydrogens is 208 g/mol. The predicted molar refractivity (Wildman–Crippen MR) is 58.1 cm³/mol. The fourth-order valence-electron chi connectivity index (χ4n) is 1.73. The Hall–Kier alpha value is -1.55. The molecule has 1 heterocycles. The third-order valence-corrected chi connectivity index (χ3v) is 2.45. The van der Waals surface area contributed by atoms with Gasteiger partial charge in [0.25, 0.3) is 0 Å². The Bertz CT molecular complexity index is 412. The minimum absolute atomic E-state index is 0.00373. The summed E-state index contributed by atoms with van der Waals surface area (Å²) in [5.41, 5.74) is 1.46. The number of Topliss-reactive ketones (excluding diaryl/α,β-unsaturated/α-hetero) is 1. The summed E-state index contributed by atoms with van der Waals surface area (Å²) in [6.07, 6.45) is 0. The Morgan fingerprint density at radius 3 is 2.50 bits per heavy atom. The molecule has 4 heteroatoms. The van der Waals surface area contributed by atoms with E-state index in [-0.39, 0.29) is 5.78 Å². The zero-order valence-corrected chi connectivity index (χ0v) is 9.41. The van der Waals surface area contributed by atoms with Crippen molar-refractivity contribution in [3.63, 3.8) is 0 Å².